The molecule has 6 rings (SSSR count). The number of benzene rings is 3. The highest BCUT2D eigenvalue weighted by Crippen LogP contribution is 2.41. The highest BCUT2D eigenvalue weighted by atomic mass is 35.5. The maximum atomic E-state index is 14.0. The van der Waals surface area contributed by atoms with Crippen LogP contribution in [0.5, 0.6) is 0 Å². The summed E-state index contributed by atoms with van der Waals surface area (Å²) in [5, 5.41) is 0.962. The van der Waals surface area contributed by atoms with Crippen LogP contribution in [0, 0.1) is 0 Å². The van der Waals surface area contributed by atoms with E-state index in [0.717, 1.165) is 75.1 Å². The van der Waals surface area contributed by atoms with Crippen LogP contribution in [-0.2, 0) is 31.9 Å². The molecule has 3 heterocycles. The minimum atomic E-state index is -0.726. The summed E-state index contributed by atoms with van der Waals surface area (Å²) < 4.78 is 6.45. The van der Waals surface area contributed by atoms with E-state index >= 15 is 0 Å². The molecule has 2 N–H and O–H groups in total. The van der Waals surface area contributed by atoms with Gasteiger partial charge in [0, 0.05) is 26.2 Å². The van der Waals surface area contributed by atoms with Gasteiger partial charge in [-0.1, -0.05) is 89.9 Å². The summed E-state index contributed by atoms with van der Waals surface area (Å²) >= 11 is 12.8. The van der Waals surface area contributed by atoms with Crippen molar-refractivity contribution in [1.82, 2.24) is 14.7 Å². The number of nitrogens with zero attached hydrogens (tertiary/aromatic N) is 3. The Kier molecular flexibility index (Phi) is 12.0. The first-order chi connectivity index (χ1) is 20.9. The molecule has 3 aliphatic rings. The second-order valence-corrected chi connectivity index (χ2v) is 13.0. The smallest absolute Gasteiger partial charge is 0.249 e. The second-order valence-electron chi connectivity index (χ2n) is 12.2. The van der Waals surface area contributed by atoms with E-state index in [2.05, 4.69) is 21.9 Å². The molecule has 3 aromatic carbocycles. The van der Waals surface area contributed by atoms with Crippen molar-refractivity contribution in [1.29, 1.82) is 0 Å². The largest absolute Gasteiger partial charge is 0.412 e. The Morgan fingerprint density at radius 3 is 2.11 bits per heavy atom. The average Bonchev–Trinajstić information content (AvgIpc) is 3.59. The number of carbonyl (C=O) groups excluding carboxylic acids is 2. The van der Waals surface area contributed by atoms with Crippen LogP contribution in [0.1, 0.15) is 48.8 Å². The number of amides is 2. The van der Waals surface area contributed by atoms with Crippen LogP contribution in [0.2, 0.25) is 10.0 Å². The summed E-state index contributed by atoms with van der Waals surface area (Å²) in [7, 11) is 0. The highest BCUT2D eigenvalue weighted by Gasteiger charge is 2.46. The van der Waals surface area contributed by atoms with E-state index in [1.54, 1.807) is 6.07 Å². The Labute approximate surface area is 282 Å². The number of hydrogen-bond acceptors (Lipinski definition) is 4. The molecule has 0 spiro atoms. The first-order valence-electron chi connectivity index (χ1n) is 15.4. The van der Waals surface area contributed by atoms with Crippen molar-refractivity contribution >= 4 is 47.4 Å². The monoisotopic (exact) mass is 673 g/mol. The molecule has 1 unspecified atom stereocenters. The molecule has 1 atom stereocenters. The van der Waals surface area contributed by atoms with Crippen LogP contribution in [0.3, 0.4) is 0 Å². The average molecular weight is 675 g/mol. The molecule has 3 aliphatic heterocycles. The van der Waals surface area contributed by atoms with E-state index in [1.165, 1.54) is 0 Å². The minimum absolute atomic E-state index is 0. The Hall–Kier alpha value is -2.65. The van der Waals surface area contributed by atoms with Crippen molar-refractivity contribution in [3.05, 3.63) is 106 Å². The first kappa shape index (κ1) is 35.2. The van der Waals surface area contributed by atoms with Crippen molar-refractivity contribution in [2.75, 3.05) is 45.9 Å². The number of morpholine rings is 1. The summed E-state index contributed by atoms with van der Waals surface area (Å²) in [4.78, 5) is 33.4. The molecule has 7 nitrogen and oxygen atoms in total. The third-order valence-corrected chi connectivity index (χ3v) is 10.3. The maximum Gasteiger partial charge on any atom is 0.249 e. The topological polar surface area (TPSA) is 84.6 Å². The van der Waals surface area contributed by atoms with Crippen LogP contribution >= 0.6 is 35.6 Å². The number of piperidine rings is 1. The van der Waals surface area contributed by atoms with Gasteiger partial charge in [-0.15, -0.1) is 12.4 Å². The fraction of sp³-hybridized carbons (Fsp3) is 0.429. The summed E-state index contributed by atoms with van der Waals surface area (Å²) in [5.41, 5.74) is 1.92. The SMILES string of the molecule is Cl.O.O=C1COC(CCN2CCC(C(=O)N3CCCC3)(c3ccccc3)CC2)(c2ccc(Cl)c(Cl)c2)CN1Cc1ccccc1. The molecule has 3 saturated heterocycles. The quantitative estimate of drug-likeness (QED) is 0.298. The molecule has 0 bridgehead atoms. The molecule has 2 amide bonds. The predicted molar refractivity (Wildman–Crippen MR) is 181 cm³/mol. The van der Waals surface area contributed by atoms with E-state index in [0.29, 0.717) is 29.6 Å². The van der Waals surface area contributed by atoms with Crippen LogP contribution in [0.25, 0.3) is 0 Å². The normalized spacial score (nSPS) is 21.6. The fourth-order valence-electron chi connectivity index (χ4n) is 7.03. The molecular formula is C35H42Cl3N3O4. The molecule has 10 heteroatoms. The van der Waals surface area contributed by atoms with Gasteiger partial charge in [0.25, 0.3) is 0 Å². The number of rotatable bonds is 8. The lowest BCUT2D eigenvalue weighted by Crippen LogP contribution is -2.55. The molecule has 3 aromatic rings. The van der Waals surface area contributed by atoms with Gasteiger partial charge in [-0.3, -0.25) is 9.59 Å². The number of likely N-dealkylation sites (tertiary alicyclic amines) is 2. The van der Waals surface area contributed by atoms with E-state index in [9.17, 15) is 9.59 Å². The van der Waals surface area contributed by atoms with Gasteiger partial charge in [-0.05, 0) is 74.0 Å². The zero-order valence-electron chi connectivity index (χ0n) is 25.4. The van der Waals surface area contributed by atoms with Crippen molar-refractivity contribution in [2.24, 2.45) is 0 Å². The zero-order chi connectivity index (χ0) is 29.9. The van der Waals surface area contributed by atoms with E-state index < -0.39 is 11.0 Å². The number of hydrogen-bond donors (Lipinski definition) is 0. The number of carbonyl (C=O) groups is 2. The van der Waals surface area contributed by atoms with Gasteiger partial charge in [0.2, 0.25) is 11.8 Å². The predicted octanol–water partition coefficient (Wildman–Crippen LogP) is 5.89. The first-order valence-corrected chi connectivity index (χ1v) is 16.1. The summed E-state index contributed by atoms with van der Waals surface area (Å²) in [6, 6.07) is 26.1. The van der Waals surface area contributed by atoms with Crippen molar-refractivity contribution in [3.8, 4) is 0 Å². The Morgan fingerprint density at radius 1 is 0.822 bits per heavy atom. The number of halogens is 3. The summed E-state index contributed by atoms with van der Waals surface area (Å²) in [6.07, 6.45) is 4.42. The van der Waals surface area contributed by atoms with Crippen LogP contribution in [0.4, 0.5) is 0 Å². The second kappa shape index (κ2) is 15.3. The molecule has 0 radical (unpaired) electrons. The minimum Gasteiger partial charge on any atom is -0.412 e. The van der Waals surface area contributed by atoms with Crippen LogP contribution in [0.15, 0.2) is 78.9 Å². The van der Waals surface area contributed by atoms with Crippen LogP contribution < -0.4 is 0 Å². The van der Waals surface area contributed by atoms with E-state index in [4.69, 9.17) is 27.9 Å². The highest BCUT2D eigenvalue weighted by molar-refractivity contribution is 6.42. The molecule has 45 heavy (non-hydrogen) atoms. The van der Waals surface area contributed by atoms with Gasteiger partial charge in [0.1, 0.15) is 12.2 Å². The molecule has 0 aromatic heterocycles. The van der Waals surface area contributed by atoms with Crippen molar-refractivity contribution < 1.29 is 19.8 Å². The summed E-state index contributed by atoms with van der Waals surface area (Å²) in [6.45, 7) is 5.09. The summed E-state index contributed by atoms with van der Waals surface area (Å²) in [5.74, 6) is 0.263. The molecule has 3 fully saturated rings. The van der Waals surface area contributed by atoms with Gasteiger partial charge in [-0.2, -0.15) is 0 Å². The van der Waals surface area contributed by atoms with Gasteiger partial charge < -0.3 is 24.9 Å². The van der Waals surface area contributed by atoms with Crippen molar-refractivity contribution in [3.63, 3.8) is 0 Å². The Bertz CT molecular complexity index is 1430. The van der Waals surface area contributed by atoms with Gasteiger partial charge in [-0.25, -0.2) is 0 Å². The molecule has 0 saturated carbocycles. The van der Waals surface area contributed by atoms with E-state index in [1.807, 2.05) is 65.6 Å². The zero-order valence-corrected chi connectivity index (χ0v) is 27.8. The van der Waals surface area contributed by atoms with Crippen LogP contribution in [-0.4, -0.2) is 77.9 Å². The molecular weight excluding hydrogens is 633 g/mol. The van der Waals surface area contributed by atoms with Gasteiger partial charge >= 0.3 is 0 Å². The standard InChI is InChI=1S/C35H39Cl2N3O3.ClH.H2O/c36-30-14-13-29(23-31(30)37)35(26-40(32(41)25-43-35)24-27-9-3-1-4-10-27)17-22-38-20-15-34(16-21-38,28-11-5-2-6-12-28)33(42)39-18-7-8-19-39;;/h1-6,9-14,23H,7-8,15-22,24-26H2;1H;1H2. The lowest BCUT2D eigenvalue weighted by atomic mass is 9.71. The van der Waals surface area contributed by atoms with Gasteiger partial charge in [0.15, 0.2) is 0 Å². The lowest BCUT2D eigenvalue weighted by molar-refractivity contribution is -0.169. The van der Waals surface area contributed by atoms with Crippen molar-refractivity contribution in [2.45, 2.75) is 49.7 Å². The molecule has 0 aliphatic carbocycles. The lowest BCUT2D eigenvalue weighted by Gasteiger charge is -2.46. The maximum absolute atomic E-state index is 14.0. The Balaban J connectivity index is 0.00000230. The number of ether oxygens (including phenoxy) is 1. The fourth-order valence-corrected chi connectivity index (χ4v) is 7.33. The molecule has 242 valence electrons. The Morgan fingerprint density at radius 2 is 1.47 bits per heavy atom. The van der Waals surface area contributed by atoms with E-state index in [-0.39, 0.29) is 36.3 Å². The third-order valence-electron chi connectivity index (χ3n) is 9.60. The third kappa shape index (κ3) is 7.51. The van der Waals surface area contributed by atoms with Gasteiger partial charge in [0.05, 0.1) is 22.0 Å².